The number of carbonyl (C=O) groups is 1. The number of hydrogen-bond donors (Lipinski definition) is 1. The van der Waals surface area contributed by atoms with E-state index < -0.39 is 0 Å². The van der Waals surface area contributed by atoms with Crippen LogP contribution in [0.3, 0.4) is 0 Å². The summed E-state index contributed by atoms with van der Waals surface area (Å²) in [5, 5.41) is 6.15. The molecule has 1 amide bonds. The number of nitrogens with one attached hydrogen (secondary N) is 1. The molecule has 156 valence electrons. The van der Waals surface area contributed by atoms with E-state index in [0.29, 0.717) is 16.2 Å². The van der Waals surface area contributed by atoms with Crippen molar-refractivity contribution >= 4 is 28.5 Å². The maximum atomic E-state index is 13.7. The Bertz CT molecular complexity index is 1310. The first kappa shape index (κ1) is 18.6. The Morgan fingerprint density at radius 3 is 2.87 bits per heavy atom. The number of halogens is 1. The van der Waals surface area contributed by atoms with Crippen LogP contribution in [0.5, 0.6) is 0 Å². The minimum atomic E-state index is -0.0483. The van der Waals surface area contributed by atoms with Gasteiger partial charge in [-0.25, -0.2) is 4.98 Å². The monoisotopic (exact) mass is 431 g/mol. The molecule has 1 saturated heterocycles. The maximum absolute atomic E-state index is 13.7. The van der Waals surface area contributed by atoms with Gasteiger partial charge in [0.1, 0.15) is 5.65 Å². The number of H-pyrrole nitrogens is 1. The number of pyridine rings is 1. The molecule has 2 bridgehead atoms. The van der Waals surface area contributed by atoms with Crippen molar-refractivity contribution < 1.29 is 4.79 Å². The molecule has 3 aromatic heterocycles. The summed E-state index contributed by atoms with van der Waals surface area (Å²) in [6.07, 6.45) is 7.20. The normalized spacial score (nSPS) is 20.1. The fourth-order valence-corrected chi connectivity index (χ4v) is 5.65. The smallest absolute Gasteiger partial charge is 0.257 e. The Morgan fingerprint density at radius 2 is 2.03 bits per heavy atom. The van der Waals surface area contributed by atoms with Crippen LogP contribution in [0, 0.1) is 0 Å². The van der Waals surface area contributed by atoms with Crippen LogP contribution < -0.4 is 0 Å². The number of benzene rings is 1. The molecule has 6 nitrogen and oxygen atoms in total. The predicted octanol–water partition coefficient (Wildman–Crippen LogP) is 4.91. The van der Waals surface area contributed by atoms with Gasteiger partial charge < -0.3 is 9.88 Å². The van der Waals surface area contributed by atoms with E-state index >= 15 is 0 Å². The third-order valence-electron chi connectivity index (χ3n) is 6.71. The molecule has 1 N–H and O–H groups in total. The van der Waals surface area contributed by atoms with Crippen LogP contribution in [-0.4, -0.2) is 36.6 Å². The van der Waals surface area contributed by atoms with Gasteiger partial charge in [0.2, 0.25) is 0 Å². The highest BCUT2D eigenvalue weighted by Crippen LogP contribution is 2.45. The molecule has 1 fully saturated rings. The lowest BCUT2D eigenvalue weighted by atomic mass is 9.81. The van der Waals surface area contributed by atoms with E-state index in [-0.39, 0.29) is 18.0 Å². The number of aromatic nitrogens is 4. The van der Waals surface area contributed by atoms with Crippen LogP contribution in [0.15, 0.2) is 48.8 Å². The molecule has 7 heteroatoms. The van der Waals surface area contributed by atoms with Gasteiger partial charge in [0.05, 0.1) is 28.0 Å². The first-order valence-electron chi connectivity index (χ1n) is 10.7. The second kappa shape index (κ2) is 6.95. The highest BCUT2D eigenvalue weighted by molar-refractivity contribution is 6.38. The van der Waals surface area contributed by atoms with Crippen molar-refractivity contribution in [2.45, 2.75) is 37.8 Å². The van der Waals surface area contributed by atoms with Crippen molar-refractivity contribution in [1.82, 2.24) is 24.6 Å². The van der Waals surface area contributed by atoms with Crippen molar-refractivity contribution in [3.05, 3.63) is 70.6 Å². The summed E-state index contributed by atoms with van der Waals surface area (Å²) < 4.78 is 1.98. The maximum Gasteiger partial charge on any atom is 0.257 e. The molecular formula is C24H22ClN5O. The van der Waals surface area contributed by atoms with E-state index in [2.05, 4.69) is 34.2 Å². The Balaban J connectivity index is 1.45. The van der Waals surface area contributed by atoms with Crippen LogP contribution >= 0.6 is 11.6 Å². The highest BCUT2D eigenvalue weighted by atomic mass is 35.5. The predicted molar refractivity (Wildman–Crippen MR) is 120 cm³/mol. The second-order valence-electron chi connectivity index (χ2n) is 8.44. The molecule has 0 spiro atoms. The van der Waals surface area contributed by atoms with E-state index in [1.54, 1.807) is 12.4 Å². The van der Waals surface area contributed by atoms with Gasteiger partial charge in [-0.1, -0.05) is 41.9 Å². The van der Waals surface area contributed by atoms with Crippen molar-refractivity contribution in [2.75, 3.05) is 0 Å². The van der Waals surface area contributed by atoms with E-state index in [4.69, 9.17) is 16.7 Å². The number of rotatable bonds is 2. The summed E-state index contributed by atoms with van der Waals surface area (Å²) in [6.45, 7) is 0. The Morgan fingerprint density at radius 1 is 1.19 bits per heavy atom. The number of piperidine rings is 1. The molecule has 2 unspecified atom stereocenters. The van der Waals surface area contributed by atoms with Crippen molar-refractivity contribution in [3.63, 3.8) is 0 Å². The number of aromatic amines is 1. The first-order valence-corrected chi connectivity index (χ1v) is 11.1. The van der Waals surface area contributed by atoms with Gasteiger partial charge in [-0.2, -0.15) is 5.10 Å². The number of nitrogens with zero attached hydrogens (tertiary/aromatic N) is 4. The lowest BCUT2D eigenvalue weighted by Crippen LogP contribution is -2.50. The fraction of sp³-hybridized carbons (Fsp3) is 0.292. The van der Waals surface area contributed by atoms with E-state index in [1.165, 1.54) is 11.1 Å². The first-order chi connectivity index (χ1) is 15.1. The van der Waals surface area contributed by atoms with Gasteiger partial charge >= 0.3 is 0 Å². The number of fused-ring (bicyclic) bond motifs is 5. The third kappa shape index (κ3) is 2.74. The van der Waals surface area contributed by atoms with Crippen LogP contribution in [0.25, 0.3) is 22.3 Å². The standard InChI is InChI=1S/C24H22ClN5O/c1-29-22(14-6-3-2-4-7-14)17-12-15-8-5-9-19(21(17)28-29)30(15)24(31)18-13-27-23-16(20(18)25)10-11-26-23/h2-4,6-7,10-11,13,15,19H,5,8-9,12H2,1H3,(H,26,27). The largest absolute Gasteiger partial charge is 0.346 e. The summed E-state index contributed by atoms with van der Waals surface area (Å²) in [6, 6.07) is 12.4. The van der Waals surface area contributed by atoms with E-state index in [1.807, 2.05) is 28.8 Å². The lowest BCUT2D eigenvalue weighted by Gasteiger charge is -2.45. The zero-order valence-electron chi connectivity index (χ0n) is 17.2. The molecule has 0 radical (unpaired) electrons. The summed E-state index contributed by atoms with van der Waals surface area (Å²) in [4.78, 5) is 23.2. The summed E-state index contributed by atoms with van der Waals surface area (Å²) in [5.41, 5.74) is 5.79. The van der Waals surface area contributed by atoms with Crippen LogP contribution in [0.1, 0.15) is 46.9 Å². The van der Waals surface area contributed by atoms with Crippen LogP contribution in [0.2, 0.25) is 5.02 Å². The molecule has 6 rings (SSSR count). The van der Waals surface area contributed by atoms with Crippen molar-refractivity contribution in [1.29, 1.82) is 0 Å². The molecule has 0 saturated carbocycles. The summed E-state index contributed by atoms with van der Waals surface area (Å²) >= 11 is 6.64. The van der Waals surface area contributed by atoms with Gasteiger partial charge in [-0.05, 0) is 31.7 Å². The molecule has 1 aromatic carbocycles. The molecule has 2 aliphatic rings. The highest BCUT2D eigenvalue weighted by Gasteiger charge is 2.44. The Labute approximate surface area is 184 Å². The molecule has 0 aliphatic carbocycles. The summed E-state index contributed by atoms with van der Waals surface area (Å²) in [5.74, 6) is -0.0483. The van der Waals surface area contributed by atoms with Gasteiger partial charge in [-0.3, -0.25) is 9.48 Å². The van der Waals surface area contributed by atoms with E-state index in [9.17, 15) is 4.79 Å². The Kier molecular flexibility index (Phi) is 4.18. The number of carbonyl (C=O) groups excluding carboxylic acids is 1. The number of aryl methyl sites for hydroxylation is 1. The molecule has 2 aliphatic heterocycles. The summed E-state index contributed by atoms with van der Waals surface area (Å²) in [7, 11) is 2.00. The van der Waals surface area contributed by atoms with Crippen molar-refractivity contribution in [2.24, 2.45) is 7.05 Å². The zero-order valence-corrected chi connectivity index (χ0v) is 17.9. The lowest BCUT2D eigenvalue weighted by molar-refractivity contribution is 0.0392. The molecule has 5 heterocycles. The van der Waals surface area contributed by atoms with Gasteiger partial charge in [0, 0.05) is 42.0 Å². The fourth-order valence-electron chi connectivity index (χ4n) is 5.37. The molecular weight excluding hydrogens is 410 g/mol. The quantitative estimate of drug-likeness (QED) is 0.490. The topological polar surface area (TPSA) is 66.8 Å². The molecule has 2 atom stereocenters. The second-order valence-corrected chi connectivity index (χ2v) is 8.82. The van der Waals surface area contributed by atoms with E-state index in [0.717, 1.165) is 42.5 Å². The number of hydrogen-bond acceptors (Lipinski definition) is 3. The SMILES string of the molecule is Cn1nc2c(c1-c1ccccc1)CC1CCCC2N1C(=O)c1cnc2[nH]ccc2c1Cl. The third-order valence-corrected chi connectivity index (χ3v) is 7.12. The van der Waals surface area contributed by atoms with Gasteiger partial charge in [0.25, 0.3) is 5.91 Å². The van der Waals surface area contributed by atoms with Gasteiger partial charge in [-0.15, -0.1) is 0 Å². The van der Waals surface area contributed by atoms with Crippen LogP contribution in [-0.2, 0) is 13.5 Å². The minimum absolute atomic E-state index is 0.0309. The van der Waals surface area contributed by atoms with Gasteiger partial charge in [0.15, 0.2) is 0 Å². The zero-order chi connectivity index (χ0) is 21.1. The molecule has 31 heavy (non-hydrogen) atoms. The average molecular weight is 432 g/mol. The van der Waals surface area contributed by atoms with Crippen LogP contribution in [0.4, 0.5) is 0 Å². The Hall–Kier alpha value is -3.12. The van der Waals surface area contributed by atoms with Crippen molar-refractivity contribution in [3.8, 4) is 11.3 Å². The number of amides is 1. The average Bonchev–Trinajstić information content (AvgIpc) is 3.38. The minimum Gasteiger partial charge on any atom is -0.346 e. The molecule has 4 aromatic rings.